The molecule has 2 fully saturated rings. The summed E-state index contributed by atoms with van der Waals surface area (Å²) in [5.41, 5.74) is 0.322. The van der Waals surface area contributed by atoms with E-state index in [1.165, 1.54) is 6.07 Å². The number of anilines is 1. The summed E-state index contributed by atoms with van der Waals surface area (Å²) in [6.07, 6.45) is 6.62. The van der Waals surface area contributed by atoms with E-state index in [0.29, 0.717) is 30.1 Å². The molecule has 2 N–H and O–H groups in total. The van der Waals surface area contributed by atoms with Crippen LogP contribution in [0.1, 0.15) is 37.3 Å². The second-order valence-corrected chi connectivity index (χ2v) is 9.09. The zero-order chi connectivity index (χ0) is 19.9. The van der Waals surface area contributed by atoms with Gasteiger partial charge in [0.05, 0.1) is 12.3 Å². The number of nitrogens with zero attached hydrogens (tertiary/aromatic N) is 5. The quantitative estimate of drug-likeness (QED) is 0.730. The van der Waals surface area contributed by atoms with Gasteiger partial charge in [-0.25, -0.2) is 18.4 Å². The molecule has 0 radical (unpaired) electrons. The summed E-state index contributed by atoms with van der Waals surface area (Å²) in [5, 5.41) is 14.7. The molecule has 0 aromatic carbocycles. The Balaban J connectivity index is 1.61. The zero-order valence-electron chi connectivity index (χ0n) is 15.4. The number of rotatable bonds is 5. The van der Waals surface area contributed by atoms with Crippen molar-refractivity contribution in [3.05, 3.63) is 28.2 Å². The Hall–Kier alpha value is -2.55. The normalized spacial score (nSPS) is 18.9. The summed E-state index contributed by atoms with van der Waals surface area (Å²) in [7, 11) is -3.28. The Bertz CT molecular complexity index is 1110. The van der Waals surface area contributed by atoms with E-state index in [1.807, 2.05) is 6.07 Å². The molecular weight excluding hydrogens is 382 g/mol. The van der Waals surface area contributed by atoms with Gasteiger partial charge in [-0.3, -0.25) is 9.36 Å². The van der Waals surface area contributed by atoms with Crippen molar-refractivity contribution < 1.29 is 8.42 Å². The molecule has 0 spiro atoms. The molecule has 1 aliphatic heterocycles. The van der Waals surface area contributed by atoms with Crippen molar-refractivity contribution in [1.29, 1.82) is 5.26 Å². The molecule has 1 aliphatic carbocycles. The van der Waals surface area contributed by atoms with E-state index < -0.39 is 10.0 Å². The Kier molecular flexibility index (Phi) is 4.78. The Labute approximate surface area is 162 Å². The average Bonchev–Trinajstić information content (AvgIpc) is 3.12. The lowest BCUT2D eigenvalue weighted by molar-refractivity contribution is 0.134. The highest BCUT2D eigenvalue weighted by atomic mass is 32.2. The van der Waals surface area contributed by atoms with Crippen LogP contribution in [0, 0.1) is 11.3 Å². The molecule has 0 amide bonds. The minimum atomic E-state index is -3.28. The summed E-state index contributed by atoms with van der Waals surface area (Å²) < 4.78 is 24.1. The fraction of sp³-hybridized carbons (Fsp3) is 0.529. The van der Waals surface area contributed by atoms with Gasteiger partial charge in [0.15, 0.2) is 0 Å². The summed E-state index contributed by atoms with van der Waals surface area (Å²) >= 11 is 0. The predicted octanol–water partition coefficient (Wildman–Crippen LogP) is 0.339. The van der Waals surface area contributed by atoms with Crippen molar-refractivity contribution in [2.75, 3.05) is 24.7 Å². The second-order valence-electron chi connectivity index (χ2n) is 7.37. The van der Waals surface area contributed by atoms with Crippen LogP contribution in [0.5, 0.6) is 0 Å². The van der Waals surface area contributed by atoms with Gasteiger partial charge < -0.3 is 5.32 Å². The number of hydrogen-bond acceptors (Lipinski definition) is 8. The van der Waals surface area contributed by atoms with Crippen molar-refractivity contribution in [2.24, 2.45) is 0 Å². The lowest BCUT2D eigenvalue weighted by atomic mass is 10.1. The van der Waals surface area contributed by atoms with E-state index in [1.54, 1.807) is 15.8 Å². The van der Waals surface area contributed by atoms with Gasteiger partial charge in [0.2, 0.25) is 16.0 Å². The molecule has 2 aromatic heterocycles. The van der Waals surface area contributed by atoms with Gasteiger partial charge in [0.1, 0.15) is 17.3 Å². The van der Waals surface area contributed by atoms with Crippen molar-refractivity contribution in [3.8, 4) is 6.07 Å². The average molecular weight is 403 g/mol. The molecule has 11 heteroatoms. The minimum Gasteiger partial charge on any atom is -0.349 e. The Morgan fingerprint density at radius 3 is 2.64 bits per heavy atom. The van der Waals surface area contributed by atoms with E-state index in [2.05, 4.69) is 20.1 Å². The van der Waals surface area contributed by atoms with Gasteiger partial charge in [0, 0.05) is 30.7 Å². The molecule has 4 rings (SSSR count). The maximum atomic E-state index is 12.8. The molecule has 2 aromatic rings. The molecule has 1 saturated heterocycles. The molecule has 28 heavy (non-hydrogen) atoms. The van der Waals surface area contributed by atoms with Crippen molar-refractivity contribution in [2.45, 2.75) is 37.8 Å². The van der Waals surface area contributed by atoms with Crippen LogP contribution in [0.2, 0.25) is 0 Å². The third kappa shape index (κ3) is 3.71. The van der Waals surface area contributed by atoms with E-state index in [0.717, 1.165) is 31.9 Å². The molecule has 3 heterocycles. The first-order valence-electron chi connectivity index (χ1n) is 9.15. The van der Waals surface area contributed by atoms with Gasteiger partial charge in [-0.05, 0) is 18.9 Å². The zero-order valence-corrected chi connectivity index (χ0v) is 16.2. The van der Waals surface area contributed by atoms with E-state index in [-0.39, 0.29) is 23.2 Å². The van der Waals surface area contributed by atoms with Gasteiger partial charge in [-0.1, -0.05) is 12.8 Å². The minimum absolute atomic E-state index is 0.00302. The first kappa shape index (κ1) is 18.8. The number of nitriles is 1. The monoisotopic (exact) mass is 403 g/mol. The third-order valence-corrected chi connectivity index (χ3v) is 5.68. The summed E-state index contributed by atoms with van der Waals surface area (Å²) in [6, 6.07) is 3.55. The molecule has 2 aliphatic rings. The maximum Gasteiger partial charge on any atom is 0.270 e. The van der Waals surface area contributed by atoms with Crippen LogP contribution in [-0.4, -0.2) is 53.3 Å². The van der Waals surface area contributed by atoms with Gasteiger partial charge in [-0.2, -0.15) is 10.2 Å². The lowest BCUT2D eigenvalue weighted by Gasteiger charge is -2.38. The summed E-state index contributed by atoms with van der Waals surface area (Å²) in [6.45, 7) is 0.967. The highest BCUT2D eigenvalue weighted by Crippen LogP contribution is 2.30. The van der Waals surface area contributed by atoms with Crippen LogP contribution in [0.3, 0.4) is 0 Å². The van der Waals surface area contributed by atoms with Gasteiger partial charge in [0.25, 0.3) is 5.56 Å². The topological polar surface area (TPSA) is 133 Å². The number of hydrazine groups is 1. The first-order chi connectivity index (χ1) is 13.3. The maximum absolute atomic E-state index is 12.8. The molecule has 0 unspecified atom stereocenters. The van der Waals surface area contributed by atoms with E-state index in [9.17, 15) is 18.5 Å². The van der Waals surface area contributed by atoms with Crippen LogP contribution in [0.25, 0.3) is 11.0 Å². The van der Waals surface area contributed by atoms with Crippen LogP contribution in [0.4, 0.5) is 5.95 Å². The summed E-state index contributed by atoms with van der Waals surface area (Å²) in [4.78, 5) is 24.0. The molecule has 148 valence electrons. The Morgan fingerprint density at radius 1 is 1.29 bits per heavy atom. The molecular formula is C17H21N7O3S. The Morgan fingerprint density at radius 2 is 2.00 bits per heavy atom. The number of pyridine rings is 1. The van der Waals surface area contributed by atoms with Crippen LogP contribution in [0.15, 0.2) is 17.1 Å². The smallest absolute Gasteiger partial charge is 0.270 e. The van der Waals surface area contributed by atoms with Crippen LogP contribution < -0.4 is 15.7 Å². The number of nitrogens with one attached hydrogen (secondary N) is 2. The van der Waals surface area contributed by atoms with Crippen LogP contribution in [-0.2, 0) is 10.0 Å². The molecule has 10 nitrogen and oxygen atoms in total. The van der Waals surface area contributed by atoms with Gasteiger partial charge in [-0.15, -0.1) is 4.83 Å². The van der Waals surface area contributed by atoms with Crippen LogP contribution >= 0.6 is 0 Å². The fourth-order valence-corrected chi connectivity index (χ4v) is 4.45. The number of fused-ring (bicyclic) bond motifs is 1. The number of sulfonamides is 1. The largest absolute Gasteiger partial charge is 0.349 e. The number of aromatic nitrogens is 3. The lowest BCUT2D eigenvalue weighted by Crippen LogP contribution is -2.61. The summed E-state index contributed by atoms with van der Waals surface area (Å²) in [5.74, 6) is 0.382. The highest BCUT2D eigenvalue weighted by molar-refractivity contribution is 7.88. The fourth-order valence-electron chi connectivity index (χ4n) is 3.83. The second kappa shape index (κ2) is 7.12. The SMILES string of the molecule is CS(=O)(=O)NN1CC(Nc2ncc3cc(C#N)c(=O)n(C4CCCC4)c3n2)C1. The van der Waals surface area contributed by atoms with Crippen molar-refractivity contribution in [1.82, 2.24) is 24.4 Å². The molecule has 0 bridgehead atoms. The molecule has 1 saturated carbocycles. The highest BCUT2D eigenvalue weighted by Gasteiger charge is 2.29. The van der Waals surface area contributed by atoms with E-state index >= 15 is 0 Å². The third-order valence-electron chi connectivity index (χ3n) is 5.09. The van der Waals surface area contributed by atoms with Crippen molar-refractivity contribution in [3.63, 3.8) is 0 Å². The predicted molar refractivity (Wildman–Crippen MR) is 103 cm³/mol. The standard InChI is InChI=1S/C17H21N7O3S/c1-28(26,27)22-23-9-13(10-23)20-17-19-8-12-6-11(7-18)16(25)24(15(12)21-17)14-4-2-3-5-14/h6,8,13-14,22H,2-5,9-10H2,1H3,(H,19,20,21). The number of hydrogen-bond donors (Lipinski definition) is 2. The van der Waals surface area contributed by atoms with Gasteiger partial charge >= 0.3 is 0 Å². The van der Waals surface area contributed by atoms with E-state index in [4.69, 9.17) is 0 Å². The van der Waals surface area contributed by atoms with Crippen molar-refractivity contribution >= 4 is 27.0 Å². The molecule has 0 atom stereocenters. The first-order valence-corrected chi connectivity index (χ1v) is 11.0.